The first-order valence-corrected chi connectivity index (χ1v) is 10.1. The van der Waals surface area contributed by atoms with E-state index in [1.54, 1.807) is 12.4 Å². The zero-order chi connectivity index (χ0) is 19.8. The number of nitrogens with one attached hydrogen (secondary N) is 1. The molecule has 7 heteroatoms. The number of hydrogen-bond donors (Lipinski definition) is 2. The highest BCUT2D eigenvalue weighted by Gasteiger charge is 2.18. The summed E-state index contributed by atoms with van der Waals surface area (Å²) in [4.78, 5) is 17.7. The first-order chi connectivity index (χ1) is 13.7. The molecule has 1 fully saturated rings. The average molecular weight is 382 g/mol. The lowest BCUT2D eigenvalue weighted by molar-refractivity contribution is 0.264. The molecule has 2 aromatic rings. The van der Waals surface area contributed by atoms with Crippen LogP contribution in [0.5, 0.6) is 0 Å². The van der Waals surface area contributed by atoms with Gasteiger partial charge in [0, 0.05) is 50.8 Å². The Morgan fingerprint density at radius 1 is 1.14 bits per heavy atom. The van der Waals surface area contributed by atoms with Gasteiger partial charge in [0.2, 0.25) is 5.95 Å². The Morgan fingerprint density at radius 2 is 1.82 bits per heavy atom. The van der Waals surface area contributed by atoms with Gasteiger partial charge in [-0.2, -0.15) is 0 Å². The molecule has 1 unspecified atom stereocenters. The van der Waals surface area contributed by atoms with E-state index in [-0.39, 0.29) is 0 Å². The standard InChI is InChI=1S/C21H31N7/c1-3-17(2)18-5-7-19(8-6-18)26-20(22)23-11-12-27-13-15-28(16-14-27)21-24-9-4-10-25-21/h4-10,17H,3,11-16H2,1-2H3,(H3,22,23,26). The first kappa shape index (κ1) is 20.1. The number of benzene rings is 1. The number of piperazine rings is 1. The van der Waals surface area contributed by atoms with Crippen molar-refractivity contribution >= 4 is 17.6 Å². The summed E-state index contributed by atoms with van der Waals surface area (Å²) in [6, 6.07) is 10.3. The van der Waals surface area contributed by atoms with Crippen molar-refractivity contribution in [2.75, 3.05) is 49.5 Å². The highest BCUT2D eigenvalue weighted by atomic mass is 15.3. The number of nitrogens with two attached hydrogens (primary N) is 1. The number of anilines is 2. The smallest absolute Gasteiger partial charge is 0.225 e. The van der Waals surface area contributed by atoms with E-state index in [2.05, 4.69) is 68.2 Å². The summed E-state index contributed by atoms with van der Waals surface area (Å²) in [6.45, 7) is 9.87. The Bertz CT molecular complexity index is 737. The van der Waals surface area contributed by atoms with Crippen molar-refractivity contribution in [1.82, 2.24) is 14.9 Å². The summed E-state index contributed by atoms with van der Waals surface area (Å²) < 4.78 is 0. The number of guanidine groups is 1. The van der Waals surface area contributed by atoms with Crippen molar-refractivity contribution in [1.29, 1.82) is 0 Å². The van der Waals surface area contributed by atoms with Gasteiger partial charge in [0.15, 0.2) is 5.96 Å². The van der Waals surface area contributed by atoms with Gasteiger partial charge in [-0.05, 0) is 36.1 Å². The molecule has 3 N–H and O–H groups in total. The van der Waals surface area contributed by atoms with Crippen LogP contribution >= 0.6 is 0 Å². The molecular weight excluding hydrogens is 350 g/mol. The van der Waals surface area contributed by atoms with Crippen LogP contribution in [0.4, 0.5) is 11.6 Å². The summed E-state index contributed by atoms with van der Waals surface area (Å²) in [7, 11) is 0. The Labute approximate surface area is 167 Å². The number of aliphatic imine (C=N–C) groups is 1. The molecule has 2 heterocycles. The first-order valence-electron chi connectivity index (χ1n) is 10.1. The number of aromatic nitrogens is 2. The fourth-order valence-corrected chi connectivity index (χ4v) is 3.26. The molecule has 1 aliphatic heterocycles. The SMILES string of the molecule is CCC(C)c1ccc(NC(N)=NCCN2CCN(c3ncccn3)CC2)cc1. The molecule has 0 saturated carbocycles. The van der Waals surface area contributed by atoms with Gasteiger partial charge < -0.3 is 16.0 Å². The van der Waals surface area contributed by atoms with Crippen LogP contribution in [-0.4, -0.2) is 60.1 Å². The molecule has 7 nitrogen and oxygen atoms in total. The summed E-state index contributed by atoms with van der Waals surface area (Å²) >= 11 is 0. The van der Waals surface area contributed by atoms with E-state index in [1.807, 2.05) is 6.07 Å². The van der Waals surface area contributed by atoms with Gasteiger partial charge >= 0.3 is 0 Å². The minimum atomic E-state index is 0.465. The zero-order valence-corrected chi connectivity index (χ0v) is 16.9. The van der Waals surface area contributed by atoms with Crippen LogP contribution in [0.25, 0.3) is 0 Å². The lowest BCUT2D eigenvalue weighted by Crippen LogP contribution is -2.47. The van der Waals surface area contributed by atoms with Crippen LogP contribution in [0.15, 0.2) is 47.7 Å². The van der Waals surface area contributed by atoms with Gasteiger partial charge in [-0.3, -0.25) is 9.89 Å². The van der Waals surface area contributed by atoms with Crippen molar-refractivity contribution in [3.63, 3.8) is 0 Å². The van der Waals surface area contributed by atoms with E-state index in [0.29, 0.717) is 18.4 Å². The van der Waals surface area contributed by atoms with Crippen molar-refractivity contribution in [2.24, 2.45) is 10.7 Å². The highest BCUT2D eigenvalue weighted by molar-refractivity contribution is 5.92. The third kappa shape index (κ3) is 5.66. The van der Waals surface area contributed by atoms with E-state index >= 15 is 0 Å². The van der Waals surface area contributed by atoms with Crippen LogP contribution in [0.2, 0.25) is 0 Å². The highest BCUT2D eigenvalue weighted by Crippen LogP contribution is 2.20. The Hall–Kier alpha value is -2.67. The monoisotopic (exact) mass is 381 g/mol. The second kappa shape index (κ2) is 10.0. The lowest BCUT2D eigenvalue weighted by Gasteiger charge is -2.34. The predicted molar refractivity (Wildman–Crippen MR) is 116 cm³/mol. The quantitative estimate of drug-likeness (QED) is 0.566. The minimum Gasteiger partial charge on any atom is -0.370 e. The van der Waals surface area contributed by atoms with Crippen LogP contribution in [-0.2, 0) is 0 Å². The molecule has 1 aromatic carbocycles. The topological polar surface area (TPSA) is 82.7 Å². The maximum absolute atomic E-state index is 6.04. The molecule has 1 aliphatic rings. The molecule has 3 rings (SSSR count). The molecule has 28 heavy (non-hydrogen) atoms. The second-order valence-electron chi connectivity index (χ2n) is 7.20. The third-order valence-corrected chi connectivity index (χ3v) is 5.27. The number of rotatable bonds is 7. The van der Waals surface area contributed by atoms with Crippen LogP contribution in [0, 0.1) is 0 Å². The Kier molecular flexibility index (Phi) is 7.19. The van der Waals surface area contributed by atoms with Crippen LogP contribution in [0.3, 0.4) is 0 Å². The van der Waals surface area contributed by atoms with Crippen molar-refractivity contribution < 1.29 is 0 Å². The fourth-order valence-electron chi connectivity index (χ4n) is 3.26. The summed E-state index contributed by atoms with van der Waals surface area (Å²) in [5, 5.41) is 3.18. The fraction of sp³-hybridized carbons (Fsp3) is 0.476. The van der Waals surface area contributed by atoms with E-state index < -0.39 is 0 Å². The minimum absolute atomic E-state index is 0.465. The van der Waals surface area contributed by atoms with Crippen LogP contribution < -0.4 is 16.0 Å². The normalized spacial score (nSPS) is 16.8. The largest absolute Gasteiger partial charge is 0.370 e. The molecule has 1 atom stereocenters. The lowest BCUT2D eigenvalue weighted by atomic mass is 9.99. The van der Waals surface area contributed by atoms with Gasteiger partial charge in [0.1, 0.15) is 0 Å². The van der Waals surface area contributed by atoms with Gasteiger partial charge in [-0.1, -0.05) is 26.0 Å². The van der Waals surface area contributed by atoms with Gasteiger partial charge in [0.25, 0.3) is 0 Å². The van der Waals surface area contributed by atoms with Crippen LogP contribution in [0.1, 0.15) is 31.7 Å². The maximum atomic E-state index is 6.04. The zero-order valence-electron chi connectivity index (χ0n) is 16.9. The molecule has 1 saturated heterocycles. The third-order valence-electron chi connectivity index (χ3n) is 5.27. The molecule has 1 aromatic heterocycles. The molecule has 0 aliphatic carbocycles. The van der Waals surface area contributed by atoms with Gasteiger partial charge in [0.05, 0.1) is 6.54 Å². The average Bonchev–Trinajstić information content (AvgIpc) is 2.75. The van der Waals surface area contributed by atoms with Crippen molar-refractivity contribution in [2.45, 2.75) is 26.2 Å². The Morgan fingerprint density at radius 3 is 2.46 bits per heavy atom. The molecule has 150 valence electrons. The van der Waals surface area contributed by atoms with E-state index in [4.69, 9.17) is 5.73 Å². The molecule has 0 amide bonds. The molecule has 0 bridgehead atoms. The Balaban J connectivity index is 1.40. The summed E-state index contributed by atoms with van der Waals surface area (Å²) in [5.74, 6) is 1.86. The van der Waals surface area contributed by atoms with E-state index in [0.717, 1.165) is 50.8 Å². The molecular formula is C21H31N7. The number of hydrogen-bond acceptors (Lipinski definition) is 5. The van der Waals surface area contributed by atoms with E-state index in [1.165, 1.54) is 5.56 Å². The maximum Gasteiger partial charge on any atom is 0.225 e. The summed E-state index contributed by atoms with van der Waals surface area (Å²) in [5.41, 5.74) is 8.37. The predicted octanol–water partition coefficient (Wildman–Crippen LogP) is 2.54. The van der Waals surface area contributed by atoms with Crippen molar-refractivity contribution in [3.05, 3.63) is 48.3 Å². The molecule has 0 spiro atoms. The van der Waals surface area contributed by atoms with E-state index in [9.17, 15) is 0 Å². The van der Waals surface area contributed by atoms with Gasteiger partial charge in [-0.25, -0.2) is 9.97 Å². The summed E-state index contributed by atoms with van der Waals surface area (Å²) in [6.07, 6.45) is 4.72. The van der Waals surface area contributed by atoms with Crippen molar-refractivity contribution in [3.8, 4) is 0 Å². The van der Waals surface area contributed by atoms with Gasteiger partial charge in [-0.15, -0.1) is 0 Å². The second-order valence-corrected chi connectivity index (χ2v) is 7.20. The number of nitrogens with zero attached hydrogens (tertiary/aromatic N) is 5. The molecule has 0 radical (unpaired) electrons.